The number of rotatable bonds is 4. The number of esters is 1. The van der Waals surface area contributed by atoms with Crippen LogP contribution in [0.4, 0.5) is 0 Å². The summed E-state index contributed by atoms with van der Waals surface area (Å²) in [6.45, 7) is 6.19. The summed E-state index contributed by atoms with van der Waals surface area (Å²) in [4.78, 5) is 16.0. The zero-order chi connectivity index (χ0) is 14.7. The Morgan fingerprint density at radius 2 is 2.20 bits per heavy atom. The first-order chi connectivity index (χ1) is 9.47. The van der Waals surface area contributed by atoms with Crippen molar-refractivity contribution in [1.82, 2.24) is 9.55 Å². The summed E-state index contributed by atoms with van der Waals surface area (Å²) in [6.07, 6.45) is 3.50. The van der Waals surface area contributed by atoms with E-state index in [0.717, 1.165) is 11.4 Å². The molecule has 0 radical (unpaired) electrons. The third-order valence-electron chi connectivity index (χ3n) is 2.90. The summed E-state index contributed by atoms with van der Waals surface area (Å²) in [7, 11) is 0. The number of carbonyl (C=O) groups is 1. The van der Waals surface area contributed by atoms with Crippen molar-refractivity contribution in [3.8, 4) is 0 Å². The molecule has 0 fully saturated rings. The van der Waals surface area contributed by atoms with Gasteiger partial charge >= 0.3 is 5.97 Å². The maximum absolute atomic E-state index is 11.8. The van der Waals surface area contributed by atoms with E-state index in [-0.39, 0.29) is 12.1 Å². The second-order valence-electron chi connectivity index (χ2n) is 4.86. The molecule has 0 N–H and O–H groups in total. The van der Waals surface area contributed by atoms with Gasteiger partial charge in [0.05, 0.1) is 18.2 Å². The molecule has 4 nitrogen and oxygen atoms in total. The van der Waals surface area contributed by atoms with Crippen molar-refractivity contribution in [3.05, 3.63) is 52.6 Å². The van der Waals surface area contributed by atoms with Crippen LogP contribution in [0.25, 0.3) is 0 Å². The van der Waals surface area contributed by atoms with Crippen molar-refractivity contribution >= 4 is 17.6 Å². The molecule has 1 heterocycles. The van der Waals surface area contributed by atoms with Crippen LogP contribution in [-0.4, -0.2) is 21.6 Å². The average molecular weight is 293 g/mol. The highest BCUT2D eigenvalue weighted by atomic mass is 35.5. The molecule has 0 bridgehead atoms. The third kappa shape index (κ3) is 3.39. The first-order valence-corrected chi connectivity index (χ1v) is 6.82. The van der Waals surface area contributed by atoms with Crippen molar-refractivity contribution in [1.29, 1.82) is 0 Å². The summed E-state index contributed by atoms with van der Waals surface area (Å²) < 4.78 is 7.14. The van der Waals surface area contributed by atoms with Gasteiger partial charge in [-0.05, 0) is 38.5 Å². The Bertz CT molecular complexity index is 620. The molecule has 0 aliphatic carbocycles. The standard InChI is InChI=1S/C15H17ClN2O2/c1-10(2)20-15(19)12-4-5-13(14(16)8-12)9-18-7-6-17-11(18)3/h4-8,10H,9H2,1-3H3. The van der Waals surface area contributed by atoms with Crippen molar-refractivity contribution < 1.29 is 9.53 Å². The molecule has 0 spiro atoms. The molecule has 1 aromatic carbocycles. The summed E-state index contributed by atoms with van der Waals surface area (Å²) in [5.74, 6) is 0.566. The fourth-order valence-electron chi connectivity index (χ4n) is 1.84. The van der Waals surface area contributed by atoms with Crippen LogP contribution in [0.5, 0.6) is 0 Å². The maximum atomic E-state index is 11.8. The second kappa shape index (κ2) is 6.09. The number of aryl methyl sites for hydroxylation is 1. The van der Waals surface area contributed by atoms with Crippen LogP contribution in [0.3, 0.4) is 0 Å². The Balaban J connectivity index is 2.18. The van der Waals surface area contributed by atoms with E-state index in [1.165, 1.54) is 0 Å². The van der Waals surface area contributed by atoms with E-state index in [4.69, 9.17) is 16.3 Å². The Hall–Kier alpha value is -1.81. The lowest BCUT2D eigenvalue weighted by atomic mass is 10.1. The van der Waals surface area contributed by atoms with Crippen LogP contribution in [0, 0.1) is 6.92 Å². The molecule has 0 aliphatic rings. The number of halogens is 1. The number of hydrogen-bond acceptors (Lipinski definition) is 3. The van der Waals surface area contributed by atoms with Crippen molar-refractivity contribution in [2.45, 2.75) is 33.4 Å². The molecule has 0 aliphatic heterocycles. The lowest BCUT2D eigenvalue weighted by molar-refractivity contribution is 0.0378. The SMILES string of the molecule is Cc1nccn1Cc1ccc(C(=O)OC(C)C)cc1Cl. The van der Waals surface area contributed by atoms with E-state index in [1.807, 2.05) is 37.6 Å². The minimum atomic E-state index is -0.354. The Kier molecular flexibility index (Phi) is 4.45. The smallest absolute Gasteiger partial charge is 0.338 e. The number of carbonyl (C=O) groups excluding carboxylic acids is 1. The monoisotopic (exact) mass is 292 g/mol. The van der Waals surface area contributed by atoms with Crippen molar-refractivity contribution in [2.24, 2.45) is 0 Å². The fourth-order valence-corrected chi connectivity index (χ4v) is 2.08. The van der Waals surface area contributed by atoms with Gasteiger partial charge in [-0.2, -0.15) is 0 Å². The van der Waals surface area contributed by atoms with E-state index in [9.17, 15) is 4.79 Å². The van der Waals surface area contributed by atoms with Gasteiger partial charge in [0.25, 0.3) is 0 Å². The zero-order valence-electron chi connectivity index (χ0n) is 11.8. The highest BCUT2D eigenvalue weighted by molar-refractivity contribution is 6.31. The summed E-state index contributed by atoms with van der Waals surface area (Å²) in [6, 6.07) is 5.23. The summed E-state index contributed by atoms with van der Waals surface area (Å²) >= 11 is 6.24. The van der Waals surface area contributed by atoms with Crippen LogP contribution >= 0.6 is 11.6 Å². The molecule has 0 amide bonds. The van der Waals surface area contributed by atoms with E-state index in [2.05, 4.69) is 4.98 Å². The predicted molar refractivity (Wildman–Crippen MR) is 78.1 cm³/mol. The number of benzene rings is 1. The Morgan fingerprint density at radius 3 is 2.75 bits per heavy atom. The highest BCUT2D eigenvalue weighted by Crippen LogP contribution is 2.20. The van der Waals surface area contributed by atoms with Gasteiger partial charge < -0.3 is 9.30 Å². The molecule has 0 saturated carbocycles. The van der Waals surface area contributed by atoms with Gasteiger partial charge in [-0.3, -0.25) is 0 Å². The molecule has 2 rings (SSSR count). The van der Waals surface area contributed by atoms with Crippen LogP contribution in [-0.2, 0) is 11.3 Å². The van der Waals surface area contributed by atoms with Gasteiger partial charge in [0.15, 0.2) is 0 Å². The van der Waals surface area contributed by atoms with E-state index in [0.29, 0.717) is 17.1 Å². The highest BCUT2D eigenvalue weighted by Gasteiger charge is 2.12. The topological polar surface area (TPSA) is 44.1 Å². The second-order valence-corrected chi connectivity index (χ2v) is 5.27. The predicted octanol–water partition coefficient (Wildman–Crippen LogP) is 3.46. The largest absolute Gasteiger partial charge is 0.459 e. The molecule has 5 heteroatoms. The van der Waals surface area contributed by atoms with Crippen molar-refractivity contribution in [2.75, 3.05) is 0 Å². The molecule has 106 valence electrons. The van der Waals surface area contributed by atoms with Gasteiger partial charge in [-0.1, -0.05) is 17.7 Å². The van der Waals surface area contributed by atoms with Crippen LogP contribution in [0.15, 0.2) is 30.6 Å². The molecule has 0 saturated heterocycles. The third-order valence-corrected chi connectivity index (χ3v) is 3.25. The fraction of sp³-hybridized carbons (Fsp3) is 0.333. The molecular weight excluding hydrogens is 276 g/mol. The lowest BCUT2D eigenvalue weighted by Crippen LogP contribution is -2.12. The molecular formula is C15H17ClN2O2. The average Bonchev–Trinajstić information content (AvgIpc) is 2.76. The number of hydrogen-bond donors (Lipinski definition) is 0. The minimum Gasteiger partial charge on any atom is -0.459 e. The van der Waals surface area contributed by atoms with Crippen molar-refractivity contribution in [3.63, 3.8) is 0 Å². The van der Waals surface area contributed by atoms with E-state index >= 15 is 0 Å². The zero-order valence-corrected chi connectivity index (χ0v) is 12.5. The van der Waals surface area contributed by atoms with E-state index in [1.54, 1.807) is 18.3 Å². The first kappa shape index (κ1) is 14.6. The maximum Gasteiger partial charge on any atom is 0.338 e. The van der Waals surface area contributed by atoms with Gasteiger partial charge in [0.1, 0.15) is 5.82 Å². The van der Waals surface area contributed by atoms with Crippen LogP contribution < -0.4 is 0 Å². The molecule has 0 unspecified atom stereocenters. The van der Waals surface area contributed by atoms with Gasteiger partial charge in [-0.25, -0.2) is 9.78 Å². The molecule has 2 aromatic rings. The van der Waals surface area contributed by atoms with Gasteiger partial charge in [0.2, 0.25) is 0 Å². The Labute approximate surface area is 123 Å². The normalized spacial score (nSPS) is 10.8. The Morgan fingerprint density at radius 1 is 1.45 bits per heavy atom. The van der Waals surface area contributed by atoms with Gasteiger partial charge in [-0.15, -0.1) is 0 Å². The summed E-state index contributed by atoms with van der Waals surface area (Å²) in [5.41, 5.74) is 1.41. The quantitative estimate of drug-likeness (QED) is 0.811. The van der Waals surface area contributed by atoms with Gasteiger partial charge in [0, 0.05) is 17.4 Å². The number of aromatic nitrogens is 2. The summed E-state index contributed by atoms with van der Waals surface area (Å²) in [5, 5.41) is 0.552. The molecule has 1 aromatic heterocycles. The lowest BCUT2D eigenvalue weighted by Gasteiger charge is -2.11. The molecule has 0 atom stereocenters. The number of imidazole rings is 1. The van der Waals surface area contributed by atoms with Crippen LogP contribution in [0.1, 0.15) is 35.6 Å². The number of ether oxygens (including phenoxy) is 1. The first-order valence-electron chi connectivity index (χ1n) is 6.44. The number of nitrogens with zero attached hydrogens (tertiary/aromatic N) is 2. The van der Waals surface area contributed by atoms with E-state index < -0.39 is 0 Å². The minimum absolute atomic E-state index is 0.144. The molecule has 20 heavy (non-hydrogen) atoms. The van der Waals surface area contributed by atoms with Crippen LogP contribution in [0.2, 0.25) is 5.02 Å².